The first kappa shape index (κ1) is 11.0. The number of aromatic nitrogens is 1. The Morgan fingerprint density at radius 3 is 3.07 bits per heavy atom. The van der Waals surface area contributed by atoms with Crippen molar-refractivity contribution in [3.05, 3.63) is 16.1 Å². The minimum Gasteiger partial charge on any atom is -0.381 e. The van der Waals surface area contributed by atoms with Gasteiger partial charge in [-0.25, -0.2) is 4.98 Å². The van der Waals surface area contributed by atoms with E-state index in [4.69, 9.17) is 4.74 Å². The Morgan fingerprint density at radius 1 is 1.67 bits per heavy atom. The van der Waals surface area contributed by atoms with Gasteiger partial charge in [-0.05, 0) is 20.4 Å². The van der Waals surface area contributed by atoms with Crippen LogP contribution in [-0.2, 0) is 11.2 Å². The lowest BCUT2D eigenvalue weighted by Crippen LogP contribution is -2.35. The fourth-order valence-electron chi connectivity index (χ4n) is 2.17. The number of nitrogens with zero attached hydrogens (tertiary/aromatic N) is 1. The van der Waals surface area contributed by atoms with Crippen molar-refractivity contribution in [2.45, 2.75) is 19.8 Å². The highest BCUT2D eigenvalue weighted by Gasteiger charge is 2.35. The zero-order chi connectivity index (χ0) is 10.7. The topological polar surface area (TPSA) is 34.2 Å². The number of nitrogens with one attached hydrogen (secondary N) is 1. The molecular weight excluding hydrogens is 208 g/mol. The summed E-state index contributed by atoms with van der Waals surface area (Å²) >= 11 is 1.77. The van der Waals surface area contributed by atoms with Crippen molar-refractivity contribution in [3.63, 3.8) is 0 Å². The maximum atomic E-state index is 5.53. The fourth-order valence-corrected chi connectivity index (χ4v) is 3.12. The minimum atomic E-state index is 0.277. The van der Waals surface area contributed by atoms with Gasteiger partial charge in [-0.2, -0.15) is 0 Å². The molecule has 0 aromatic carbocycles. The van der Waals surface area contributed by atoms with Crippen LogP contribution in [0.2, 0.25) is 0 Å². The number of hydrogen-bond acceptors (Lipinski definition) is 4. The van der Waals surface area contributed by atoms with Gasteiger partial charge in [0.15, 0.2) is 0 Å². The molecule has 1 unspecified atom stereocenters. The Hall–Kier alpha value is -0.450. The molecule has 15 heavy (non-hydrogen) atoms. The van der Waals surface area contributed by atoms with Crippen LogP contribution in [0.5, 0.6) is 0 Å². The first-order chi connectivity index (χ1) is 7.24. The van der Waals surface area contributed by atoms with Crippen LogP contribution in [0.4, 0.5) is 0 Å². The lowest BCUT2D eigenvalue weighted by Gasteiger charge is -2.25. The predicted octanol–water partition coefficient (Wildman–Crippen LogP) is 1.62. The standard InChI is InChI=1S/C11H18N2OS/c1-9-6-15-10(13-9)5-11(7-12-2)3-4-14-8-11/h6,12H,3-5,7-8H2,1-2H3. The number of rotatable bonds is 4. The van der Waals surface area contributed by atoms with Crippen LogP contribution >= 0.6 is 11.3 Å². The molecule has 1 aromatic rings. The lowest BCUT2D eigenvalue weighted by atomic mass is 9.84. The van der Waals surface area contributed by atoms with E-state index in [2.05, 4.69) is 22.6 Å². The summed E-state index contributed by atoms with van der Waals surface area (Å²) in [5, 5.41) is 6.64. The summed E-state index contributed by atoms with van der Waals surface area (Å²) in [6.45, 7) is 4.83. The normalized spacial score (nSPS) is 26.0. The molecule has 2 heterocycles. The molecule has 1 aromatic heterocycles. The average Bonchev–Trinajstić information content (AvgIpc) is 2.78. The molecule has 0 amide bonds. The largest absolute Gasteiger partial charge is 0.381 e. The highest BCUT2D eigenvalue weighted by atomic mass is 32.1. The van der Waals surface area contributed by atoms with Crippen molar-refractivity contribution in [1.82, 2.24) is 10.3 Å². The third kappa shape index (κ3) is 2.56. The number of ether oxygens (including phenoxy) is 1. The maximum absolute atomic E-state index is 5.53. The van der Waals surface area contributed by atoms with Crippen molar-refractivity contribution >= 4 is 11.3 Å². The van der Waals surface area contributed by atoms with Crippen LogP contribution < -0.4 is 5.32 Å². The number of hydrogen-bond donors (Lipinski definition) is 1. The molecule has 1 atom stereocenters. The fraction of sp³-hybridized carbons (Fsp3) is 0.727. The van der Waals surface area contributed by atoms with Gasteiger partial charge in [0, 0.05) is 36.1 Å². The van der Waals surface area contributed by atoms with E-state index in [1.54, 1.807) is 11.3 Å². The van der Waals surface area contributed by atoms with Gasteiger partial charge in [-0.3, -0.25) is 0 Å². The van der Waals surface area contributed by atoms with Crippen LogP contribution in [0.1, 0.15) is 17.1 Å². The molecule has 1 aliphatic rings. The van der Waals surface area contributed by atoms with E-state index >= 15 is 0 Å². The Balaban J connectivity index is 2.06. The van der Waals surface area contributed by atoms with Crippen molar-refractivity contribution in [3.8, 4) is 0 Å². The summed E-state index contributed by atoms with van der Waals surface area (Å²) in [6.07, 6.45) is 2.19. The first-order valence-corrected chi connectivity index (χ1v) is 6.25. The van der Waals surface area contributed by atoms with E-state index in [0.717, 1.165) is 38.3 Å². The second-order valence-electron chi connectivity index (χ2n) is 4.39. The zero-order valence-electron chi connectivity index (χ0n) is 9.38. The second-order valence-corrected chi connectivity index (χ2v) is 5.33. The van der Waals surface area contributed by atoms with Crippen molar-refractivity contribution in [2.75, 3.05) is 26.8 Å². The van der Waals surface area contributed by atoms with E-state index in [1.165, 1.54) is 5.01 Å². The molecule has 2 rings (SSSR count). The quantitative estimate of drug-likeness (QED) is 0.847. The maximum Gasteiger partial charge on any atom is 0.0935 e. The molecule has 4 heteroatoms. The van der Waals surface area contributed by atoms with E-state index in [0.29, 0.717) is 0 Å². The molecule has 0 spiro atoms. The third-order valence-electron chi connectivity index (χ3n) is 2.93. The van der Waals surface area contributed by atoms with Crippen molar-refractivity contribution in [1.29, 1.82) is 0 Å². The van der Waals surface area contributed by atoms with Gasteiger partial charge < -0.3 is 10.1 Å². The highest BCUT2D eigenvalue weighted by Crippen LogP contribution is 2.32. The first-order valence-electron chi connectivity index (χ1n) is 5.37. The van der Waals surface area contributed by atoms with Crippen LogP contribution in [-0.4, -0.2) is 31.8 Å². The van der Waals surface area contributed by atoms with Crippen LogP contribution in [0.25, 0.3) is 0 Å². The third-order valence-corrected chi connectivity index (χ3v) is 3.90. The zero-order valence-corrected chi connectivity index (χ0v) is 10.2. The number of thiazole rings is 1. The van der Waals surface area contributed by atoms with Gasteiger partial charge in [-0.1, -0.05) is 0 Å². The summed E-state index contributed by atoms with van der Waals surface area (Å²) in [7, 11) is 2.01. The van der Waals surface area contributed by atoms with Crippen molar-refractivity contribution in [2.24, 2.45) is 5.41 Å². The van der Waals surface area contributed by atoms with E-state index in [9.17, 15) is 0 Å². The van der Waals surface area contributed by atoms with E-state index < -0.39 is 0 Å². The summed E-state index contributed by atoms with van der Waals surface area (Å²) in [6, 6.07) is 0. The molecular formula is C11H18N2OS. The van der Waals surface area contributed by atoms with Gasteiger partial charge in [0.05, 0.1) is 11.6 Å². The molecule has 1 saturated heterocycles. The minimum absolute atomic E-state index is 0.277. The average molecular weight is 226 g/mol. The molecule has 0 aliphatic carbocycles. The number of aryl methyl sites for hydroxylation is 1. The highest BCUT2D eigenvalue weighted by molar-refractivity contribution is 7.09. The van der Waals surface area contributed by atoms with Crippen LogP contribution in [0.3, 0.4) is 0 Å². The van der Waals surface area contributed by atoms with Gasteiger partial charge in [0.25, 0.3) is 0 Å². The molecule has 1 N–H and O–H groups in total. The Morgan fingerprint density at radius 2 is 2.53 bits per heavy atom. The molecule has 1 fully saturated rings. The molecule has 3 nitrogen and oxygen atoms in total. The summed E-state index contributed by atoms with van der Waals surface area (Å²) in [5.41, 5.74) is 1.41. The van der Waals surface area contributed by atoms with Crippen LogP contribution in [0.15, 0.2) is 5.38 Å². The predicted molar refractivity (Wildman–Crippen MR) is 62.4 cm³/mol. The second kappa shape index (κ2) is 4.60. The molecule has 0 radical (unpaired) electrons. The monoisotopic (exact) mass is 226 g/mol. The lowest BCUT2D eigenvalue weighted by molar-refractivity contribution is 0.150. The molecule has 1 aliphatic heterocycles. The van der Waals surface area contributed by atoms with Gasteiger partial charge in [-0.15, -0.1) is 11.3 Å². The van der Waals surface area contributed by atoms with E-state index in [-0.39, 0.29) is 5.41 Å². The smallest absolute Gasteiger partial charge is 0.0935 e. The Kier molecular flexibility index (Phi) is 3.38. The summed E-state index contributed by atoms with van der Waals surface area (Å²) in [4.78, 5) is 4.54. The molecule has 0 saturated carbocycles. The molecule has 84 valence electrons. The summed E-state index contributed by atoms with van der Waals surface area (Å²) in [5.74, 6) is 0. The van der Waals surface area contributed by atoms with Crippen LogP contribution in [0, 0.1) is 12.3 Å². The van der Waals surface area contributed by atoms with E-state index in [1.807, 2.05) is 7.05 Å². The van der Waals surface area contributed by atoms with Gasteiger partial charge >= 0.3 is 0 Å². The molecule has 0 bridgehead atoms. The Labute approximate surface area is 94.9 Å². The van der Waals surface area contributed by atoms with Crippen molar-refractivity contribution < 1.29 is 4.74 Å². The van der Waals surface area contributed by atoms with Gasteiger partial charge in [0.1, 0.15) is 0 Å². The summed E-state index contributed by atoms with van der Waals surface area (Å²) < 4.78 is 5.53. The Bertz CT molecular complexity index is 318. The SMILES string of the molecule is CNCC1(Cc2nc(C)cs2)CCOC1. The van der Waals surface area contributed by atoms with Gasteiger partial charge in [0.2, 0.25) is 0 Å².